The van der Waals surface area contributed by atoms with E-state index in [-0.39, 0.29) is 23.4 Å². The molecule has 1 aliphatic heterocycles. The van der Waals surface area contributed by atoms with Crippen molar-refractivity contribution in [2.75, 3.05) is 32.7 Å². The highest BCUT2D eigenvalue weighted by Gasteiger charge is 2.34. The van der Waals surface area contributed by atoms with E-state index in [1.165, 1.54) is 17.1 Å². The van der Waals surface area contributed by atoms with E-state index in [2.05, 4.69) is 22.6 Å². The van der Waals surface area contributed by atoms with Crippen LogP contribution in [-0.4, -0.2) is 61.4 Å². The average molecular weight is 461 g/mol. The number of hydrogen-bond acceptors (Lipinski definition) is 6. The molecule has 1 aromatic heterocycles. The van der Waals surface area contributed by atoms with E-state index >= 15 is 0 Å². The first-order valence-electron chi connectivity index (χ1n) is 11.4. The maximum absolute atomic E-state index is 13.0. The van der Waals surface area contributed by atoms with Crippen LogP contribution < -0.4 is 5.32 Å². The number of aryl methyl sites for hydroxylation is 2. The Morgan fingerprint density at radius 2 is 1.78 bits per heavy atom. The second-order valence-corrected chi connectivity index (χ2v) is 10.7. The van der Waals surface area contributed by atoms with Crippen LogP contribution in [0.3, 0.4) is 0 Å². The molecular weight excluding hydrogens is 428 g/mol. The molecule has 1 N–H and O–H groups in total. The van der Waals surface area contributed by atoms with Crippen molar-refractivity contribution in [3.05, 3.63) is 47.3 Å². The lowest BCUT2D eigenvalue weighted by Crippen LogP contribution is -2.51. The predicted octanol–water partition coefficient (Wildman–Crippen LogP) is 2.65. The first kappa shape index (κ1) is 22.9. The average Bonchev–Trinajstić information content (AvgIpc) is 3.43. The molecule has 9 heteroatoms. The van der Waals surface area contributed by atoms with E-state index in [9.17, 15) is 13.2 Å². The van der Waals surface area contributed by atoms with Gasteiger partial charge in [0.25, 0.3) is 0 Å². The minimum atomic E-state index is -3.65. The number of nitrogens with zero attached hydrogens (tertiary/aromatic N) is 3. The quantitative estimate of drug-likeness (QED) is 0.683. The summed E-state index contributed by atoms with van der Waals surface area (Å²) in [7, 11) is -3.65. The Morgan fingerprint density at radius 1 is 1.12 bits per heavy atom. The molecule has 0 spiro atoms. The molecule has 1 unspecified atom stereocenters. The second-order valence-electron chi connectivity index (χ2n) is 8.83. The molecular formula is C23H32N4O4S. The lowest BCUT2D eigenvalue weighted by Gasteiger charge is -2.34. The summed E-state index contributed by atoms with van der Waals surface area (Å²) in [5.74, 6) is 0.773. The largest absolute Gasteiger partial charge is 0.360 e. The topological polar surface area (TPSA) is 95.8 Å². The summed E-state index contributed by atoms with van der Waals surface area (Å²) >= 11 is 0. The van der Waals surface area contributed by atoms with E-state index < -0.39 is 10.0 Å². The van der Waals surface area contributed by atoms with Crippen molar-refractivity contribution >= 4 is 15.9 Å². The summed E-state index contributed by atoms with van der Waals surface area (Å²) in [5, 5.41) is 7.04. The van der Waals surface area contributed by atoms with Crippen LogP contribution in [-0.2, 0) is 14.8 Å². The summed E-state index contributed by atoms with van der Waals surface area (Å²) < 4.78 is 32.5. The van der Waals surface area contributed by atoms with Crippen LogP contribution in [0.15, 0.2) is 39.8 Å². The molecule has 2 aliphatic rings. The third-order valence-corrected chi connectivity index (χ3v) is 8.75. The maximum atomic E-state index is 13.0. The molecule has 174 valence electrons. The van der Waals surface area contributed by atoms with Gasteiger partial charge >= 0.3 is 0 Å². The molecule has 2 aromatic rings. The number of hydrogen-bond donors (Lipinski definition) is 1. The fourth-order valence-corrected chi connectivity index (χ4v) is 6.66. The number of benzene rings is 1. The Kier molecular flexibility index (Phi) is 6.97. The zero-order valence-electron chi connectivity index (χ0n) is 18.8. The van der Waals surface area contributed by atoms with E-state index in [0.29, 0.717) is 43.6 Å². The normalized spacial score (nSPS) is 19.8. The summed E-state index contributed by atoms with van der Waals surface area (Å²) in [4.78, 5) is 15.1. The standard InChI is InChI=1S/C23H32N4O4S/c1-17-23(18(2)31-25-17)32(29,30)27-14-12-26(13-15-27)16-21(28)24-22(20-10-6-7-11-20)19-8-4-3-5-9-19/h3-5,8-9,20,22H,6-7,10-16H2,1-2H3,(H,24,28). The SMILES string of the molecule is Cc1noc(C)c1S(=O)(=O)N1CCN(CC(=O)NC(c2ccccc2)C2CCCC2)CC1. The highest BCUT2D eigenvalue weighted by molar-refractivity contribution is 7.89. The molecule has 8 nitrogen and oxygen atoms in total. The number of carbonyl (C=O) groups is 1. The maximum Gasteiger partial charge on any atom is 0.248 e. The number of sulfonamides is 1. The van der Waals surface area contributed by atoms with Gasteiger partial charge in [-0.25, -0.2) is 8.42 Å². The third-order valence-electron chi connectivity index (χ3n) is 6.61. The summed E-state index contributed by atoms with van der Waals surface area (Å²) in [6, 6.07) is 10.2. The molecule has 1 saturated carbocycles. The Labute approximate surface area is 190 Å². The van der Waals surface area contributed by atoms with Crippen LogP contribution in [0, 0.1) is 19.8 Å². The molecule has 4 rings (SSSR count). The molecule has 2 heterocycles. The first-order valence-corrected chi connectivity index (χ1v) is 12.8. The zero-order valence-corrected chi connectivity index (χ0v) is 19.6. The fourth-order valence-electron chi connectivity index (χ4n) is 4.95. The van der Waals surface area contributed by atoms with Gasteiger partial charge in [-0.2, -0.15) is 4.31 Å². The van der Waals surface area contributed by atoms with Gasteiger partial charge < -0.3 is 9.84 Å². The van der Waals surface area contributed by atoms with Gasteiger partial charge in [0.1, 0.15) is 10.6 Å². The smallest absolute Gasteiger partial charge is 0.248 e. The molecule has 1 aromatic carbocycles. The van der Waals surface area contributed by atoms with Crippen molar-refractivity contribution in [3.63, 3.8) is 0 Å². The number of nitrogens with one attached hydrogen (secondary N) is 1. The highest BCUT2D eigenvalue weighted by Crippen LogP contribution is 2.35. The Morgan fingerprint density at radius 3 is 2.38 bits per heavy atom. The highest BCUT2D eigenvalue weighted by atomic mass is 32.2. The van der Waals surface area contributed by atoms with Crippen molar-refractivity contribution < 1.29 is 17.7 Å². The predicted molar refractivity (Wildman–Crippen MR) is 120 cm³/mol. The Bertz CT molecular complexity index is 1000. The van der Waals surface area contributed by atoms with Crippen molar-refractivity contribution in [2.24, 2.45) is 5.92 Å². The molecule has 1 saturated heterocycles. The molecule has 1 atom stereocenters. The van der Waals surface area contributed by atoms with Crippen LogP contribution in [0.2, 0.25) is 0 Å². The summed E-state index contributed by atoms with van der Waals surface area (Å²) in [6.07, 6.45) is 4.70. The number of amides is 1. The summed E-state index contributed by atoms with van der Waals surface area (Å²) in [6.45, 7) is 5.22. The van der Waals surface area contributed by atoms with E-state index in [0.717, 1.165) is 18.4 Å². The van der Waals surface area contributed by atoms with Gasteiger partial charge in [-0.1, -0.05) is 48.3 Å². The van der Waals surface area contributed by atoms with Crippen molar-refractivity contribution in [3.8, 4) is 0 Å². The second kappa shape index (κ2) is 9.72. The van der Waals surface area contributed by atoms with E-state index in [1.54, 1.807) is 13.8 Å². The zero-order chi connectivity index (χ0) is 22.7. The number of aromatic nitrogens is 1. The monoisotopic (exact) mass is 460 g/mol. The van der Waals surface area contributed by atoms with Crippen LogP contribution in [0.25, 0.3) is 0 Å². The van der Waals surface area contributed by atoms with Crippen LogP contribution in [0.5, 0.6) is 0 Å². The minimum Gasteiger partial charge on any atom is -0.360 e. The third kappa shape index (κ3) is 4.89. The van der Waals surface area contributed by atoms with Crippen LogP contribution in [0.1, 0.15) is 48.7 Å². The molecule has 1 aliphatic carbocycles. The van der Waals surface area contributed by atoms with Gasteiger partial charge in [0.2, 0.25) is 15.9 Å². The van der Waals surface area contributed by atoms with Gasteiger partial charge in [-0.15, -0.1) is 0 Å². The van der Waals surface area contributed by atoms with Gasteiger partial charge in [-0.3, -0.25) is 9.69 Å². The van der Waals surface area contributed by atoms with Crippen molar-refractivity contribution in [1.82, 2.24) is 19.7 Å². The molecule has 2 fully saturated rings. The minimum absolute atomic E-state index is 0.00668. The van der Waals surface area contributed by atoms with Gasteiger partial charge in [-0.05, 0) is 38.2 Å². The number of piperazine rings is 1. The molecule has 0 bridgehead atoms. The van der Waals surface area contributed by atoms with Crippen molar-refractivity contribution in [2.45, 2.75) is 50.5 Å². The fraction of sp³-hybridized carbons (Fsp3) is 0.565. The molecule has 1 amide bonds. The van der Waals surface area contributed by atoms with Crippen LogP contribution in [0.4, 0.5) is 0 Å². The van der Waals surface area contributed by atoms with Gasteiger partial charge in [0, 0.05) is 26.2 Å². The van der Waals surface area contributed by atoms with Crippen molar-refractivity contribution in [1.29, 1.82) is 0 Å². The van der Waals surface area contributed by atoms with E-state index in [4.69, 9.17) is 4.52 Å². The van der Waals surface area contributed by atoms with Crippen LogP contribution >= 0.6 is 0 Å². The molecule has 0 radical (unpaired) electrons. The van der Waals surface area contributed by atoms with Gasteiger partial charge in [0.05, 0.1) is 12.6 Å². The first-order chi connectivity index (χ1) is 15.4. The Balaban J connectivity index is 1.35. The number of carbonyl (C=O) groups excluding carboxylic acids is 1. The van der Waals surface area contributed by atoms with E-state index in [1.807, 2.05) is 23.1 Å². The number of rotatable bonds is 7. The lowest BCUT2D eigenvalue weighted by atomic mass is 9.91. The van der Waals surface area contributed by atoms with Gasteiger partial charge in [0.15, 0.2) is 5.76 Å². The summed E-state index contributed by atoms with van der Waals surface area (Å²) in [5.41, 5.74) is 1.53. The lowest BCUT2D eigenvalue weighted by molar-refractivity contribution is -0.123. The Hall–Kier alpha value is -2.23. The molecule has 32 heavy (non-hydrogen) atoms.